The van der Waals surface area contributed by atoms with Gasteiger partial charge in [0.25, 0.3) is 5.91 Å². The highest BCUT2D eigenvalue weighted by Gasteiger charge is 2.26. The number of rotatable bonds is 4. The third-order valence-electron chi connectivity index (χ3n) is 2.99. The van der Waals surface area contributed by atoms with E-state index in [9.17, 15) is 9.59 Å². The molecular weight excluding hydrogens is 230 g/mol. The maximum Gasteiger partial charge on any atom is 0.251 e. The van der Waals surface area contributed by atoms with Crippen LogP contribution < -0.4 is 16.4 Å². The Morgan fingerprint density at radius 1 is 1.22 bits per heavy atom. The number of hydrogen-bond donors (Lipinski definition) is 3. The summed E-state index contributed by atoms with van der Waals surface area (Å²) in [5.41, 5.74) is 6.17. The average Bonchev–Trinajstić information content (AvgIpc) is 2.35. The summed E-state index contributed by atoms with van der Waals surface area (Å²) >= 11 is 0. The van der Waals surface area contributed by atoms with Crippen molar-refractivity contribution in [2.45, 2.75) is 24.9 Å². The van der Waals surface area contributed by atoms with E-state index < -0.39 is 0 Å². The Morgan fingerprint density at radius 2 is 1.89 bits per heavy atom. The largest absolute Gasteiger partial charge is 0.352 e. The number of amides is 2. The molecule has 0 saturated heterocycles. The maximum atomic E-state index is 11.7. The molecule has 5 heteroatoms. The topological polar surface area (TPSA) is 84.2 Å². The van der Waals surface area contributed by atoms with E-state index in [0.717, 1.165) is 12.8 Å². The highest BCUT2D eigenvalue weighted by Crippen LogP contribution is 2.16. The van der Waals surface area contributed by atoms with Crippen LogP contribution in [0, 0.1) is 0 Å². The summed E-state index contributed by atoms with van der Waals surface area (Å²) in [5, 5.41) is 5.40. The number of hydrogen-bond acceptors (Lipinski definition) is 3. The Kier molecular flexibility index (Phi) is 3.94. The van der Waals surface area contributed by atoms with E-state index in [2.05, 4.69) is 10.6 Å². The molecule has 1 aromatic rings. The first-order valence-electron chi connectivity index (χ1n) is 6.03. The van der Waals surface area contributed by atoms with E-state index in [1.165, 1.54) is 0 Å². The lowest BCUT2D eigenvalue weighted by atomic mass is 9.88. The molecule has 2 rings (SSSR count). The molecule has 4 N–H and O–H groups in total. The second-order valence-corrected chi connectivity index (χ2v) is 4.54. The molecule has 0 unspecified atom stereocenters. The first kappa shape index (κ1) is 12.6. The number of nitrogens with two attached hydrogens (primary N) is 1. The molecule has 96 valence electrons. The van der Waals surface area contributed by atoms with Crippen LogP contribution in [0.2, 0.25) is 0 Å². The van der Waals surface area contributed by atoms with Gasteiger partial charge < -0.3 is 16.4 Å². The molecule has 0 bridgehead atoms. The predicted octanol–water partition coefficient (Wildman–Crippen LogP) is 0.0223. The fourth-order valence-corrected chi connectivity index (χ4v) is 1.91. The van der Waals surface area contributed by atoms with Gasteiger partial charge in [0.2, 0.25) is 5.91 Å². The Hall–Kier alpha value is -1.88. The predicted molar refractivity (Wildman–Crippen MR) is 67.9 cm³/mol. The maximum absolute atomic E-state index is 11.7. The standard InChI is InChI=1S/C13H17N3O2/c14-10-6-11(7-10)16-12(17)8-15-13(18)9-4-2-1-3-5-9/h1-5,10-11H,6-8,14H2,(H,15,18)(H,16,17). The molecule has 0 radical (unpaired) electrons. The average molecular weight is 247 g/mol. The molecule has 5 nitrogen and oxygen atoms in total. The summed E-state index contributed by atoms with van der Waals surface area (Å²) in [7, 11) is 0. The molecule has 0 heterocycles. The minimum absolute atomic E-state index is 0.000530. The van der Waals surface area contributed by atoms with E-state index in [1.54, 1.807) is 24.3 Å². The lowest BCUT2D eigenvalue weighted by molar-refractivity contribution is -0.121. The number of carbonyl (C=O) groups excluding carboxylic acids is 2. The van der Waals surface area contributed by atoms with E-state index in [4.69, 9.17) is 5.73 Å². The summed E-state index contributed by atoms with van der Waals surface area (Å²) in [6, 6.07) is 9.19. The minimum atomic E-state index is -0.240. The quantitative estimate of drug-likeness (QED) is 0.701. The third kappa shape index (κ3) is 3.30. The summed E-state index contributed by atoms with van der Waals surface area (Å²) in [5.74, 6) is -0.410. The Labute approximate surface area is 106 Å². The normalized spacial score (nSPS) is 21.8. The summed E-state index contributed by atoms with van der Waals surface area (Å²) in [4.78, 5) is 23.2. The fraction of sp³-hybridized carbons (Fsp3) is 0.385. The van der Waals surface area contributed by atoms with Gasteiger partial charge in [-0.05, 0) is 25.0 Å². The van der Waals surface area contributed by atoms with Gasteiger partial charge >= 0.3 is 0 Å². The summed E-state index contributed by atoms with van der Waals surface area (Å²) in [6.45, 7) is -0.000530. The molecule has 0 spiro atoms. The van der Waals surface area contributed by atoms with Crippen LogP contribution in [-0.2, 0) is 4.79 Å². The van der Waals surface area contributed by atoms with Gasteiger partial charge in [-0.1, -0.05) is 18.2 Å². The zero-order chi connectivity index (χ0) is 13.0. The van der Waals surface area contributed by atoms with Gasteiger partial charge in [-0.25, -0.2) is 0 Å². The van der Waals surface area contributed by atoms with Gasteiger partial charge in [-0.15, -0.1) is 0 Å². The van der Waals surface area contributed by atoms with Gasteiger partial charge in [0, 0.05) is 17.6 Å². The second kappa shape index (κ2) is 5.64. The van der Waals surface area contributed by atoms with Crippen molar-refractivity contribution in [1.29, 1.82) is 0 Å². The third-order valence-corrected chi connectivity index (χ3v) is 2.99. The molecule has 1 saturated carbocycles. The molecule has 0 atom stereocenters. The van der Waals surface area contributed by atoms with E-state index in [0.29, 0.717) is 5.56 Å². The van der Waals surface area contributed by atoms with Crippen LogP contribution >= 0.6 is 0 Å². The van der Waals surface area contributed by atoms with Crippen LogP contribution in [0.15, 0.2) is 30.3 Å². The number of carbonyl (C=O) groups is 2. The van der Waals surface area contributed by atoms with Gasteiger partial charge in [0.15, 0.2) is 0 Å². The summed E-state index contributed by atoms with van der Waals surface area (Å²) < 4.78 is 0. The molecule has 0 aromatic heterocycles. The van der Waals surface area contributed by atoms with Crippen molar-refractivity contribution in [3.8, 4) is 0 Å². The Bertz CT molecular complexity index is 427. The van der Waals surface area contributed by atoms with Gasteiger partial charge in [0.1, 0.15) is 0 Å². The smallest absolute Gasteiger partial charge is 0.251 e. The zero-order valence-corrected chi connectivity index (χ0v) is 10.1. The van der Waals surface area contributed by atoms with Crippen LogP contribution in [0.25, 0.3) is 0 Å². The molecule has 1 aliphatic carbocycles. The van der Waals surface area contributed by atoms with E-state index >= 15 is 0 Å². The van der Waals surface area contributed by atoms with Crippen molar-refractivity contribution in [3.05, 3.63) is 35.9 Å². The molecule has 1 aliphatic rings. The van der Waals surface area contributed by atoms with Crippen molar-refractivity contribution in [2.75, 3.05) is 6.54 Å². The van der Waals surface area contributed by atoms with Crippen LogP contribution in [0.1, 0.15) is 23.2 Å². The molecule has 0 aliphatic heterocycles. The Balaban J connectivity index is 1.71. The molecule has 2 amide bonds. The summed E-state index contributed by atoms with van der Waals surface area (Å²) in [6.07, 6.45) is 1.64. The van der Waals surface area contributed by atoms with E-state index in [-0.39, 0.29) is 30.4 Å². The van der Waals surface area contributed by atoms with Crippen molar-refractivity contribution in [1.82, 2.24) is 10.6 Å². The zero-order valence-electron chi connectivity index (χ0n) is 10.1. The SMILES string of the molecule is NC1CC(NC(=O)CNC(=O)c2ccccc2)C1. The molecule has 1 aromatic carbocycles. The van der Waals surface area contributed by atoms with Crippen LogP contribution in [-0.4, -0.2) is 30.4 Å². The monoisotopic (exact) mass is 247 g/mol. The van der Waals surface area contributed by atoms with E-state index in [1.807, 2.05) is 6.07 Å². The second-order valence-electron chi connectivity index (χ2n) is 4.54. The molecule has 1 fully saturated rings. The van der Waals surface area contributed by atoms with Gasteiger partial charge in [-0.3, -0.25) is 9.59 Å². The minimum Gasteiger partial charge on any atom is -0.352 e. The molecular formula is C13H17N3O2. The van der Waals surface area contributed by atoms with Crippen molar-refractivity contribution in [2.24, 2.45) is 5.73 Å². The van der Waals surface area contributed by atoms with Gasteiger partial charge in [0.05, 0.1) is 6.54 Å². The van der Waals surface area contributed by atoms with Crippen LogP contribution in [0.5, 0.6) is 0 Å². The van der Waals surface area contributed by atoms with Crippen LogP contribution in [0.4, 0.5) is 0 Å². The van der Waals surface area contributed by atoms with Crippen molar-refractivity contribution >= 4 is 11.8 Å². The van der Waals surface area contributed by atoms with Crippen molar-refractivity contribution < 1.29 is 9.59 Å². The highest BCUT2D eigenvalue weighted by atomic mass is 16.2. The first-order valence-corrected chi connectivity index (χ1v) is 6.03. The van der Waals surface area contributed by atoms with Crippen molar-refractivity contribution in [3.63, 3.8) is 0 Å². The lowest BCUT2D eigenvalue weighted by Crippen LogP contribution is -2.52. The lowest BCUT2D eigenvalue weighted by Gasteiger charge is -2.32. The number of nitrogens with one attached hydrogen (secondary N) is 2. The number of benzene rings is 1. The first-order chi connectivity index (χ1) is 8.65. The molecule has 18 heavy (non-hydrogen) atoms. The fourth-order valence-electron chi connectivity index (χ4n) is 1.91. The highest BCUT2D eigenvalue weighted by molar-refractivity contribution is 5.96. The van der Waals surface area contributed by atoms with Crippen LogP contribution in [0.3, 0.4) is 0 Å². The Morgan fingerprint density at radius 3 is 2.50 bits per heavy atom. The van der Waals surface area contributed by atoms with Gasteiger partial charge in [-0.2, -0.15) is 0 Å².